The molecule has 2 heterocycles. The Kier molecular flexibility index (Phi) is 5.49. The minimum atomic E-state index is -0.0988. The van der Waals surface area contributed by atoms with Gasteiger partial charge in [0.15, 0.2) is 5.13 Å². The SMILES string of the molecule is CCOC(=O)C1CCN(c2nc(-c3cc(Cl)ccc3O)cs2)CC1C. The van der Waals surface area contributed by atoms with E-state index in [9.17, 15) is 9.90 Å². The Morgan fingerprint density at radius 2 is 2.32 bits per heavy atom. The third kappa shape index (κ3) is 3.90. The first-order valence-electron chi connectivity index (χ1n) is 8.35. The van der Waals surface area contributed by atoms with Gasteiger partial charge in [0.2, 0.25) is 0 Å². The molecular weight excluding hydrogens is 360 g/mol. The highest BCUT2D eigenvalue weighted by molar-refractivity contribution is 7.14. The van der Waals surface area contributed by atoms with Gasteiger partial charge in [-0.3, -0.25) is 4.79 Å². The van der Waals surface area contributed by atoms with Gasteiger partial charge in [-0.1, -0.05) is 18.5 Å². The molecule has 1 fully saturated rings. The van der Waals surface area contributed by atoms with Crippen molar-refractivity contribution >= 4 is 34.0 Å². The van der Waals surface area contributed by atoms with Crippen LogP contribution in [0.15, 0.2) is 23.6 Å². The number of carbonyl (C=O) groups is 1. The first-order valence-corrected chi connectivity index (χ1v) is 9.61. The fourth-order valence-corrected chi connectivity index (χ4v) is 4.20. The summed E-state index contributed by atoms with van der Waals surface area (Å²) < 4.78 is 5.17. The number of phenols is 1. The van der Waals surface area contributed by atoms with Crippen LogP contribution in [0.4, 0.5) is 5.13 Å². The molecule has 134 valence electrons. The van der Waals surface area contributed by atoms with E-state index >= 15 is 0 Å². The molecule has 3 rings (SSSR count). The quantitative estimate of drug-likeness (QED) is 0.805. The smallest absolute Gasteiger partial charge is 0.309 e. The maximum atomic E-state index is 12.0. The largest absolute Gasteiger partial charge is 0.507 e. The van der Waals surface area contributed by atoms with Crippen LogP contribution in [0, 0.1) is 11.8 Å². The van der Waals surface area contributed by atoms with E-state index < -0.39 is 0 Å². The van der Waals surface area contributed by atoms with Gasteiger partial charge in [0.1, 0.15) is 5.75 Å². The number of aromatic nitrogens is 1. The van der Waals surface area contributed by atoms with Gasteiger partial charge in [-0.25, -0.2) is 4.98 Å². The van der Waals surface area contributed by atoms with Crippen molar-refractivity contribution < 1.29 is 14.6 Å². The van der Waals surface area contributed by atoms with Gasteiger partial charge in [0.25, 0.3) is 0 Å². The van der Waals surface area contributed by atoms with Crippen molar-refractivity contribution in [3.63, 3.8) is 0 Å². The van der Waals surface area contributed by atoms with Crippen LogP contribution in [0.25, 0.3) is 11.3 Å². The third-order valence-electron chi connectivity index (χ3n) is 4.49. The average molecular weight is 381 g/mol. The highest BCUT2D eigenvalue weighted by Gasteiger charge is 2.33. The van der Waals surface area contributed by atoms with Crippen molar-refractivity contribution in [3.05, 3.63) is 28.6 Å². The van der Waals surface area contributed by atoms with Crippen LogP contribution in [-0.2, 0) is 9.53 Å². The predicted molar refractivity (Wildman–Crippen MR) is 100 cm³/mol. The first kappa shape index (κ1) is 18.0. The van der Waals surface area contributed by atoms with Gasteiger partial charge < -0.3 is 14.7 Å². The molecule has 2 atom stereocenters. The highest BCUT2D eigenvalue weighted by atomic mass is 35.5. The second-order valence-electron chi connectivity index (χ2n) is 6.25. The lowest BCUT2D eigenvalue weighted by Crippen LogP contribution is -2.42. The molecule has 5 nitrogen and oxygen atoms in total. The predicted octanol–water partition coefficient (Wildman–Crippen LogP) is 4.19. The molecule has 1 aromatic carbocycles. The Morgan fingerprint density at radius 3 is 3.04 bits per heavy atom. The number of nitrogens with zero attached hydrogens (tertiary/aromatic N) is 2. The number of hydrogen-bond acceptors (Lipinski definition) is 6. The van der Waals surface area contributed by atoms with Crippen molar-refractivity contribution in [2.24, 2.45) is 11.8 Å². The van der Waals surface area contributed by atoms with Gasteiger partial charge in [-0.2, -0.15) is 0 Å². The van der Waals surface area contributed by atoms with Crippen LogP contribution in [0.3, 0.4) is 0 Å². The zero-order valence-corrected chi connectivity index (χ0v) is 15.8. The monoisotopic (exact) mass is 380 g/mol. The van der Waals surface area contributed by atoms with E-state index in [-0.39, 0.29) is 23.6 Å². The van der Waals surface area contributed by atoms with E-state index in [1.165, 1.54) is 11.3 Å². The molecule has 0 radical (unpaired) electrons. The molecule has 0 spiro atoms. The van der Waals surface area contributed by atoms with Crippen LogP contribution in [-0.4, -0.2) is 35.8 Å². The van der Waals surface area contributed by atoms with E-state index in [2.05, 4.69) is 16.8 Å². The first-order chi connectivity index (χ1) is 12.0. The molecule has 1 N–H and O–H groups in total. The summed E-state index contributed by atoms with van der Waals surface area (Å²) in [5.74, 6) is 0.223. The highest BCUT2D eigenvalue weighted by Crippen LogP contribution is 2.36. The molecule has 0 bridgehead atoms. The molecule has 0 saturated carbocycles. The van der Waals surface area contributed by atoms with Gasteiger partial charge in [-0.05, 0) is 37.5 Å². The number of esters is 1. The fraction of sp³-hybridized carbons (Fsp3) is 0.444. The minimum absolute atomic E-state index is 0.0485. The number of thiazole rings is 1. The summed E-state index contributed by atoms with van der Waals surface area (Å²) >= 11 is 7.55. The lowest BCUT2D eigenvalue weighted by molar-refractivity contribution is -0.150. The minimum Gasteiger partial charge on any atom is -0.507 e. The standard InChI is InChI=1S/C18H21ClN2O3S/c1-3-24-17(23)13-6-7-21(9-11(13)2)18-20-15(10-25-18)14-8-12(19)4-5-16(14)22/h4-5,8,10-11,13,22H,3,6-7,9H2,1-2H3. The topological polar surface area (TPSA) is 62.7 Å². The molecule has 1 aliphatic rings. The summed E-state index contributed by atoms with van der Waals surface area (Å²) in [5, 5.41) is 13.4. The fourth-order valence-electron chi connectivity index (χ4n) is 3.17. The Hall–Kier alpha value is -1.79. The van der Waals surface area contributed by atoms with E-state index in [1.54, 1.807) is 18.2 Å². The van der Waals surface area contributed by atoms with Gasteiger partial charge >= 0.3 is 5.97 Å². The summed E-state index contributed by atoms with van der Waals surface area (Å²) in [7, 11) is 0. The number of ether oxygens (including phenoxy) is 1. The number of benzene rings is 1. The molecule has 2 aromatic rings. The van der Waals surface area contributed by atoms with Crippen molar-refractivity contribution in [1.82, 2.24) is 4.98 Å². The summed E-state index contributed by atoms with van der Waals surface area (Å²) in [6.45, 7) is 5.86. The maximum Gasteiger partial charge on any atom is 0.309 e. The molecular formula is C18H21ClN2O3S. The van der Waals surface area contributed by atoms with Gasteiger partial charge in [-0.15, -0.1) is 11.3 Å². The molecule has 0 aliphatic carbocycles. The van der Waals surface area contributed by atoms with Crippen LogP contribution in [0.1, 0.15) is 20.3 Å². The zero-order valence-electron chi connectivity index (χ0n) is 14.2. The summed E-state index contributed by atoms with van der Waals surface area (Å²) in [4.78, 5) is 18.9. The van der Waals surface area contributed by atoms with Crippen LogP contribution >= 0.6 is 22.9 Å². The van der Waals surface area contributed by atoms with Crippen molar-refractivity contribution in [3.8, 4) is 17.0 Å². The van der Waals surface area contributed by atoms with E-state index in [0.717, 1.165) is 24.6 Å². The summed E-state index contributed by atoms with van der Waals surface area (Å²) in [5.41, 5.74) is 1.34. The van der Waals surface area contributed by atoms with Gasteiger partial charge in [0, 0.05) is 29.1 Å². The molecule has 0 amide bonds. The lowest BCUT2D eigenvalue weighted by atomic mass is 9.87. The molecule has 1 aliphatic heterocycles. The van der Waals surface area contributed by atoms with Crippen LogP contribution < -0.4 is 4.90 Å². The Labute approximate surface area is 156 Å². The van der Waals surface area contributed by atoms with Crippen LogP contribution in [0.5, 0.6) is 5.75 Å². The van der Waals surface area contributed by atoms with Crippen LogP contribution in [0.2, 0.25) is 5.02 Å². The molecule has 25 heavy (non-hydrogen) atoms. The molecule has 2 unspecified atom stereocenters. The maximum absolute atomic E-state index is 12.0. The lowest BCUT2D eigenvalue weighted by Gasteiger charge is -2.35. The average Bonchev–Trinajstić information content (AvgIpc) is 3.07. The van der Waals surface area contributed by atoms with E-state index in [1.807, 2.05) is 12.3 Å². The number of carbonyl (C=O) groups excluding carboxylic acids is 1. The number of rotatable bonds is 4. The number of anilines is 1. The van der Waals surface area contributed by atoms with Crippen molar-refractivity contribution in [2.45, 2.75) is 20.3 Å². The number of hydrogen-bond donors (Lipinski definition) is 1. The third-order valence-corrected chi connectivity index (χ3v) is 5.63. The van der Waals surface area contributed by atoms with E-state index in [0.29, 0.717) is 22.9 Å². The molecule has 1 saturated heterocycles. The molecule has 1 aromatic heterocycles. The summed E-state index contributed by atoms with van der Waals surface area (Å²) in [6, 6.07) is 4.93. The Bertz CT molecular complexity index is 765. The number of halogens is 1. The second-order valence-corrected chi connectivity index (χ2v) is 7.52. The number of piperidine rings is 1. The second kappa shape index (κ2) is 7.62. The zero-order chi connectivity index (χ0) is 18.0. The number of phenolic OH excluding ortho intramolecular Hbond substituents is 1. The van der Waals surface area contributed by atoms with Gasteiger partial charge in [0.05, 0.1) is 18.2 Å². The Balaban J connectivity index is 1.73. The normalized spacial score (nSPS) is 20.5. The Morgan fingerprint density at radius 1 is 1.52 bits per heavy atom. The van der Waals surface area contributed by atoms with E-state index in [4.69, 9.17) is 16.3 Å². The van der Waals surface area contributed by atoms with Crippen molar-refractivity contribution in [2.75, 3.05) is 24.6 Å². The van der Waals surface area contributed by atoms with Crippen molar-refractivity contribution in [1.29, 1.82) is 0 Å². The summed E-state index contributed by atoms with van der Waals surface area (Å²) in [6.07, 6.45) is 0.761. The number of aromatic hydroxyl groups is 1. The molecule has 7 heteroatoms.